The van der Waals surface area contributed by atoms with E-state index < -0.39 is 32.6 Å². The van der Waals surface area contributed by atoms with Gasteiger partial charge in [-0.2, -0.15) is 23.5 Å². The molecule has 2 aromatic carbocycles. The monoisotopic (exact) mass is 410 g/mol. The average Bonchev–Trinajstić information content (AvgIpc) is 3.06. The van der Waals surface area contributed by atoms with E-state index in [4.69, 9.17) is 10.4 Å². The molecule has 0 unspecified atom stereocenters. The Bertz CT molecular complexity index is 1190. The minimum atomic E-state index is -4.76. The molecule has 6 nitrogen and oxygen atoms in total. The molecule has 3 rings (SSSR count). The first-order valence-corrected chi connectivity index (χ1v) is 9.06. The van der Waals surface area contributed by atoms with E-state index in [-0.39, 0.29) is 22.5 Å². The van der Waals surface area contributed by atoms with Gasteiger partial charge in [0.2, 0.25) is 10.0 Å². The number of primary sulfonamides is 1. The largest absolute Gasteiger partial charge is 0.435 e. The van der Waals surface area contributed by atoms with Gasteiger partial charge in [-0.05, 0) is 42.5 Å². The molecule has 0 amide bonds. The highest BCUT2D eigenvalue weighted by Crippen LogP contribution is 2.34. The molecule has 11 heteroatoms. The molecule has 0 aliphatic heterocycles. The molecule has 1 aromatic heterocycles. The maximum atomic E-state index is 14.2. The van der Waals surface area contributed by atoms with Crippen molar-refractivity contribution in [2.75, 3.05) is 0 Å². The first-order valence-electron chi connectivity index (χ1n) is 7.51. The molecule has 0 spiro atoms. The van der Waals surface area contributed by atoms with Crippen LogP contribution in [-0.2, 0) is 16.2 Å². The van der Waals surface area contributed by atoms with Gasteiger partial charge in [0.1, 0.15) is 10.7 Å². The third kappa shape index (κ3) is 3.73. The molecule has 144 valence electrons. The van der Waals surface area contributed by atoms with Crippen LogP contribution in [0.2, 0.25) is 0 Å². The maximum Gasteiger partial charge on any atom is 0.435 e. The van der Waals surface area contributed by atoms with Crippen LogP contribution in [0, 0.1) is 17.1 Å². The molecule has 1 heterocycles. The zero-order valence-electron chi connectivity index (χ0n) is 13.8. The molecule has 2 N–H and O–H groups in total. The number of hydrogen-bond donors (Lipinski definition) is 1. The van der Waals surface area contributed by atoms with Crippen molar-refractivity contribution in [3.8, 4) is 23.0 Å². The fourth-order valence-electron chi connectivity index (χ4n) is 2.49. The molecule has 0 atom stereocenters. The number of nitrogens with two attached hydrogens (primary N) is 1. The van der Waals surface area contributed by atoms with Crippen LogP contribution in [-0.4, -0.2) is 18.2 Å². The number of nitrogens with zero attached hydrogens (tertiary/aromatic N) is 3. The molecule has 0 saturated carbocycles. The Hall–Kier alpha value is -3.23. The van der Waals surface area contributed by atoms with Crippen molar-refractivity contribution < 1.29 is 26.0 Å². The lowest BCUT2D eigenvalue weighted by Gasteiger charge is -2.09. The lowest BCUT2D eigenvalue weighted by atomic mass is 10.1. The molecule has 0 aliphatic rings. The van der Waals surface area contributed by atoms with Crippen LogP contribution in [0.15, 0.2) is 53.4 Å². The van der Waals surface area contributed by atoms with Crippen molar-refractivity contribution in [2.45, 2.75) is 11.1 Å². The molecule has 3 aromatic rings. The van der Waals surface area contributed by atoms with Crippen LogP contribution in [0.1, 0.15) is 11.3 Å². The second-order valence-electron chi connectivity index (χ2n) is 5.67. The van der Waals surface area contributed by atoms with E-state index >= 15 is 0 Å². The van der Waals surface area contributed by atoms with E-state index in [2.05, 4.69) is 5.10 Å². The molecular formula is C17H10F4N4O2S. The molecular weight excluding hydrogens is 400 g/mol. The first-order chi connectivity index (χ1) is 13.0. The molecule has 0 fully saturated rings. The lowest BCUT2D eigenvalue weighted by molar-refractivity contribution is -0.141. The SMILES string of the molecule is N#Cc1ccc(-n2nc(C(F)(F)F)cc2-c2ccc(S(N)(=O)=O)c(F)c2)cc1. The number of alkyl halides is 3. The number of halogens is 4. The Kier molecular flexibility index (Phi) is 4.70. The summed E-state index contributed by atoms with van der Waals surface area (Å²) in [5.41, 5.74) is -0.908. The van der Waals surface area contributed by atoms with Crippen molar-refractivity contribution in [3.05, 3.63) is 65.6 Å². The van der Waals surface area contributed by atoms with Gasteiger partial charge in [-0.1, -0.05) is 6.07 Å². The van der Waals surface area contributed by atoms with Crippen LogP contribution in [0.4, 0.5) is 17.6 Å². The fourth-order valence-corrected chi connectivity index (χ4v) is 3.08. The van der Waals surface area contributed by atoms with Crippen LogP contribution >= 0.6 is 0 Å². The molecule has 0 aliphatic carbocycles. The maximum absolute atomic E-state index is 14.2. The number of benzene rings is 2. The number of nitriles is 1. The van der Waals surface area contributed by atoms with Crippen molar-refractivity contribution in [1.82, 2.24) is 9.78 Å². The van der Waals surface area contributed by atoms with Gasteiger partial charge in [0.25, 0.3) is 0 Å². The topological polar surface area (TPSA) is 102 Å². The standard InChI is InChI=1S/C17H10F4N4O2S/c18-13-7-11(3-6-15(13)28(23,26)27)14-8-16(17(19,20)21)24-25(14)12-4-1-10(9-22)2-5-12/h1-8H,(H2,23,26,27). The Morgan fingerprint density at radius 3 is 2.21 bits per heavy atom. The summed E-state index contributed by atoms with van der Waals surface area (Å²) in [5, 5.41) is 17.3. The van der Waals surface area contributed by atoms with E-state index in [0.717, 1.165) is 22.9 Å². The van der Waals surface area contributed by atoms with Crippen LogP contribution in [0.3, 0.4) is 0 Å². The molecule has 28 heavy (non-hydrogen) atoms. The van der Waals surface area contributed by atoms with Gasteiger partial charge in [-0.3, -0.25) is 0 Å². The van der Waals surface area contributed by atoms with Gasteiger partial charge in [0.15, 0.2) is 5.69 Å². The van der Waals surface area contributed by atoms with Crippen LogP contribution in [0.5, 0.6) is 0 Å². The zero-order valence-corrected chi connectivity index (χ0v) is 14.6. The van der Waals surface area contributed by atoms with Crippen molar-refractivity contribution >= 4 is 10.0 Å². The summed E-state index contributed by atoms with van der Waals surface area (Å²) in [6.45, 7) is 0. The van der Waals surface area contributed by atoms with Gasteiger partial charge in [-0.15, -0.1) is 0 Å². The summed E-state index contributed by atoms with van der Waals surface area (Å²) >= 11 is 0. The Morgan fingerprint density at radius 2 is 1.71 bits per heavy atom. The summed E-state index contributed by atoms with van der Waals surface area (Å²) in [4.78, 5) is -0.781. The second-order valence-corrected chi connectivity index (χ2v) is 7.20. The normalized spacial score (nSPS) is 12.0. The highest BCUT2D eigenvalue weighted by molar-refractivity contribution is 7.89. The Labute approximate surface area is 156 Å². The number of sulfonamides is 1. The molecule has 0 saturated heterocycles. The number of aromatic nitrogens is 2. The molecule has 0 bridgehead atoms. The van der Waals surface area contributed by atoms with Crippen molar-refractivity contribution in [1.29, 1.82) is 5.26 Å². The van der Waals surface area contributed by atoms with E-state index in [1.54, 1.807) is 0 Å². The quantitative estimate of drug-likeness (QED) is 0.670. The molecule has 0 radical (unpaired) electrons. The number of hydrogen-bond acceptors (Lipinski definition) is 4. The van der Waals surface area contributed by atoms with Gasteiger partial charge >= 0.3 is 6.18 Å². The second kappa shape index (κ2) is 6.74. The zero-order chi connectivity index (χ0) is 20.7. The van der Waals surface area contributed by atoms with Gasteiger partial charge < -0.3 is 0 Å². The van der Waals surface area contributed by atoms with E-state index in [9.17, 15) is 26.0 Å². The van der Waals surface area contributed by atoms with Crippen LogP contribution in [0.25, 0.3) is 16.9 Å². The third-order valence-corrected chi connectivity index (χ3v) is 4.72. The van der Waals surface area contributed by atoms with E-state index in [1.165, 1.54) is 24.3 Å². The Morgan fingerprint density at radius 1 is 1.07 bits per heavy atom. The van der Waals surface area contributed by atoms with E-state index in [1.807, 2.05) is 6.07 Å². The van der Waals surface area contributed by atoms with Crippen molar-refractivity contribution in [2.24, 2.45) is 5.14 Å². The smallest absolute Gasteiger partial charge is 0.233 e. The van der Waals surface area contributed by atoms with E-state index in [0.29, 0.717) is 6.07 Å². The van der Waals surface area contributed by atoms with Gasteiger partial charge in [0, 0.05) is 5.56 Å². The predicted molar refractivity (Wildman–Crippen MR) is 90.0 cm³/mol. The summed E-state index contributed by atoms with van der Waals surface area (Å²) in [6, 6.07) is 10.9. The summed E-state index contributed by atoms with van der Waals surface area (Å²) in [7, 11) is -4.33. The fraction of sp³-hybridized carbons (Fsp3) is 0.0588. The summed E-state index contributed by atoms with van der Waals surface area (Å²) in [5.74, 6) is -1.21. The Balaban J connectivity index is 2.21. The lowest BCUT2D eigenvalue weighted by Crippen LogP contribution is -2.14. The third-order valence-electron chi connectivity index (χ3n) is 3.77. The predicted octanol–water partition coefficient (Wildman–Crippen LogP) is 3.22. The van der Waals surface area contributed by atoms with Crippen LogP contribution < -0.4 is 5.14 Å². The highest BCUT2D eigenvalue weighted by atomic mass is 32.2. The first kappa shape index (κ1) is 19.5. The minimum absolute atomic E-state index is 0.0442. The highest BCUT2D eigenvalue weighted by Gasteiger charge is 2.35. The van der Waals surface area contributed by atoms with Gasteiger partial charge in [-0.25, -0.2) is 22.6 Å². The average molecular weight is 410 g/mol. The number of rotatable bonds is 3. The summed E-state index contributed by atoms with van der Waals surface area (Å²) in [6.07, 6.45) is -4.76. The van der Waals surface area contributed by atoms with Gasteiger partial charge in [0.05, 0.1) is 23.0 Å². The minimum Gasteiger partial charge on any atom is -0.233 e. The van der Waals surface area contributed by atoms with Crippen molar-refractivity contribution in [3.63, 3.8) is 0 Å². The summed E-state index contributed by atoms with van der Waals surface area (Å²) < 4.78 is 77.2.